The molecule has 4 rings (SSSR count). The number of carbonyl (C=O) groups excluding carboxylic acids is 1. The number of hydrogen-bond acceptors (Lipinski definition) is 6. The third-order valence-corrected chi connectivity index (χ3v) is 5.76. The van der Waals surface area contributed by atoms with E-state index in [9.17, 15) is 4.79 Å². The lowest BCUT2D eigenvalue weighted by Gasteiger charge is -2.19. The average Bonchev–Trinajstić information content (AvgIpc) is 3.31. The van der Waals surface area contributed by atoms with E-state index in [1.807, 2.05) is 41.3 Å². The second kappa shape index (κ2) is 7.92. The van der Waals surface area contributed by atoms with E-state index >= 15 is 0 Å². The second-order valence-electron chi connectivity index (χ2n) is 6.52. The second-order valence-corrected chi connectivity index (χ2v) is 7.61. The molecule has 2 aromatic heterocycles. The number of ether oxygens (including phenoxy) is 1. The summed E-state index contributed by atoms with van der Waals surface area (Å²) in [7, 11) is 1.63. The molecule has 0 spiro atoms. The maximum atomic E-state index is 12.7. The Kier molecular flexibility index (Phi) is 5.20. The van der Waals surface area contributed by atoms with Crippen LogP contribution in [0.25, 0.3) is 22.2 Å². The summed E-state index contributed by atoms with van der Waals surface area (Å²) in [6.45, 7) is 1.69. The standard InChI is InChI=1S/C20H21N3O3S/c1-25-15-8-6-14(7-9-15)19-21-18(22-26-19)16-10-11-17(27-16)20(24)23-12-4-2-3-5-13-23/h6-11H,2-5,12-13H2,1H3. The van der Waals surface area contributed by atoms with Gasteiger partial charge in [0.2, 0.25) is 5.82 Å². The molecule has 6 nitrogen and oxygen atoms in total. The van der Waals surface area contributed by atoms with Gasteiger partial charge in [-0.3, -0.25) is 4.79 Å². The van der Waals surface area contributed by atoms with Crippen LogP contribution in [-0.2, 0) is 0 Å². The van der Waals surface area contributed by atoms with E-state index in [1.54, 1.807) is 7.11 Å². The molecular formula is C20H21N3O3S. The number of aromatic nitrogens is 2. The van der Waals surface area contributed by atoms with Crippen LogP contribution in [0.4, 0.5) is 0 Å². The first-order chi connectivity index (χ1) is 13.2. The molecule has 0 radical (unpaired) electrons. The van der Waals surface area contributed by atoms with Crippen molar-refractivity contribution in [3.63, 3.8) is 0 Å². The molecule has 3 aromatic rings. The number of thiophene rings is 1. The van der Waals surface area contributed by atoms with Crippen molar-refractivity contribution in [2.75, 3.05) is 20.2 Å². The van der Waals surface area contributed by atoms with Gasteiger partial charge in [0.25, 0.3) is 11.8 Å². The van der Waals surface area contributed by atoms with Gasteiger partial charge in [0, 0.05) is 18.7 Å². The van der Waals surface area contributed by atoms with Crippen molar-refractivity contribution in [2.24, 2.45) is 0 Å². The summed E-state index contributed by atoms with van der Waals surface area (Å²) in [5.74, 6) is 1.82. The number of methoxy groups -OCH3 is 1. The predicted octanol–water partition coefficient (Wildman–Crippen LogP) is 4.49. The summed E-state index contributed by atoms with van der Waals surface area (Å²) >= 11 is 1.41. The fourth-order valence-corrected chi connectivity index (χ4v) is 4.08. The minimum absolute atomic E-state index is 0.104. The van der Waals surface area contributed by atoms with Crippen molar-refractivity contribution < 1.29 is 14.1 Å². The summed E-state index contributed by atoms with van der Waals surface area (Å²) < 4.78 is 10.6. The van der Waals surface area contributed by atoms with Crippen LogP contribution in [0.3, 0.4) is 0 Å². The number of likely N-dealkylation sites (tertiary alicyclic amines) is 1. The lowest BCUT2D eigenvalue weighted by molar-refractivity contribution is 0.0766. The molecule has 1 aliphatic heterocycles. The van der Waals surface area contributed by atoms with Gasteiger partial charge in [-0.2, -0.15) is 4.98 Å². The van der Waals surface area contributed by atoms with Crippen LogP contribution in [0.5, 0.6) is 5.75 Å². The molecule has 140 valence electrons. The molecule has 3 heterocycles. The van der Waals surface area contributed by atoms with Gasteiger partial charge in [-0.05, 0) is 49.2 Å². The lowest BCUT2D eigenvalue weighted by Crippen LogP contribution is -2.31. The van der Waals surface area contributed by atoms with E-state index in [0.29, 0.717) is 11.7 Å². The number of nitrogens with zero attached hydrogens (tertiary/aromatic N) is 3. The van der Waals surface area contributed by atoms with E-state index in [1.165, 1.54) is 24.2 Å². The zero-order valence-corrected chi connectivity index (χ0v) is 16.0. The van der Waals surface area contributed by atoms with Gasteiger partial charge in [0.15, 0.2) is 0 Å². The van der Waals surface area contributed by atoms with Gasteiger partial charge in [0.05, 0.1) is 16.9 Å². The van der Waals surface area contributed by atoms with Gasteiger partial charge < -0.3 is 14.2 Å². The molecule has 0 unspecified atom stereocenters. The molecule has 27 heavy (non-hydrogen) atoms. The molecule has 0 saturated carbocycles. The van der Waals surface area contributed by atoms with Gasteiger partial charge in [-0.25, -0.2) is 0 Å². The number of rotatable bonds is 4. The van der Waals surface area contributed by atoms with Gasteiger partial charge in [-0.1, -0.05) is 18.0 Å². The number of amides is 1. The smallest absolute Gasteiger partial charge is 0.263 e. The minimum atomic E-state index is 0.104. The van der Waals surface area contributed by atoms with Crippen LogP contribution in [-0.4, -0.2) is 41.1 Å². The first-order valence-corrected chi connectivity index (χ1v) is 9.94. The molecule has 7 heteroatoms. The molecule has 0 atom stereocenters. The molecule has 1 aromatic carbocycles. The van der Waals surface area contributed by atoms with Crippen molar-refractivity contribution in [2.45, 2.75) is 25.7 Å². The highest BCUT2D eigenvalue weighted by Gasteiger charge is 2.20. The van der Waals surface area contributed by atoms with E-state index in [0.717, 1.165) is 47.0 Å². The van der Waals surface area contributed by atoms with E-state index in [-0.39, 0.29) is 5.91 Å². The van der Waals surface area contributed by atoms with Crippen molar-refractivity contribution in [3.05, 3.63) is 41.3 Å². The summed E-state index contributed by atoms with van der Waals surface area (Å²) in [6.07, 6.45) is 4.58. The number of benzene rings is 1. The Morgan fingerprint density at radius 3 is 2.52 bits per heavy atom. The van der Waals surface area contributed by atoms with Crippen molar-refractivity contribution in [3.8, 4) is 27.9 Å². The average molecular weight is 383 g/mol. The Morgan fingerprint density at radius 2 is 1.81 bits per heavy atom. The third kappa shape index (κ3) is 3.88. The largest absolute Gasteiger partial charge is 0.497 e. The van der Waals surface area contributed by atoms with Crippen LogP contribution in [0.1, 0.15) is 35.4 Å². The fourth-order valence-electron chi connectivity index (χ4n) is 3.18. The molecule has 1 saturated heterocycles. The predicted molar refractivity (Wildman–Crippen MR) is 104 cm³/mol. The number of carbonyl (C=O) groups is 1. The Hall–Kier alpha value is -2.67. The Bertz CT molecular complexity index is 909. The molecule has 1 fully saturated rings. The molecule has 0 N–H and O–H groups in total. The molecule has 0 bridgehead atoms. The van der Waals surface area contributed by atoms with Crippen molar-refractivity contribution in [1.82, 2.24) is 15.0 Å². The number of hydrogen-bond donors (Lipinski definition) is 0. The topological polar surface area (TPSA) is 68.5 Å². The summed E-state index contributed by atoms with van der Waals surface area (Å²) in [5.41, 5.74) is 0.826. The van der Waals surface area contributed by atoms with E-state index in [4.69, 9.17) is 9.26 Å². The summed E-state index contributed by atoms with van der Waals surface area (Å²) in [4.78, 5) is 20.7. The summed E-state index contributed by atoms with van der Waals surface area (Å²) in [6, 6.07) is 11.2. The third-order valence-electron chi connectivity index (χ3n) is 4.69. The van der Waals surface area contributed by atoms with E-state index < -0.39 is 0 Å². The molecule has 0 aliphatic carbocycles. The summed E-state index contributed by atoms with van der Waals surface area (Å²) in [5, 5.41) is 4.07. The molecule has 1 amide bonds. The highest BCUT2D eigenvalue weighted by atomic mass is 32.1. The Balaban J connectivity index is 1.51. The first kappa shape index (κ1) is 17.7. The normalized spacial score (nSPS) is 14.8. The maximum absolute atomic E-state index is 12.7. The van der Waals surface area contributed by atoms with Crippen LogP contribution in [0, 0.1) is 0 Å². The highest BCUT2D eigenvalue weighted by molar-refractivity contribution is 7.17. The maximum Gasteiger partial charge on any atom is 0.263 e. The SMILES string of the molecule is COc1ccc(-c2nc(-c3ccc(C(=O)N4CCCCCC4)s3)no2)cc1. The van der Waals surface area contributed by atoms with E-state index in [2.05, 4.69) is 10.1 Å². The van der Waals surface area contributed by atoms with Crippen LogP contribution >= 0.6 is 11.3 Å². The van der Waals surface area contributed by atoms with Crippen LogP contribution < -0.4 is 4.74 Å². The monoisotopic (exact) mass is 383 g/mol. The van der Waals surface area contributed by atoms with Crippen LogP contribution in [0.15, 0.2) is 40.9 Å². The first-order valence-electron chi connectivity index (χ1n) is 9.12. The minimum Gasteiger partial charge on any atom is -0.497 e. The van der Waals surface area contributed by atoms with Crippen molar-refractivity contribution >= 4 is 17.2 Å². The van der Waals surface area contributed by atoms with Crippen LogP contribution in [0.2, 0.25) is 0 Å². The van der Waals surface area contributed by atoms with Crippen molar-refractivity contribution in [1.29, 1.82) is 0 Å². The van der Waals surface area contributed by atoms with Gasteiger partial charge in [0.1, 0.15) is 5.75 Å². The zero-order chi connectivity index (χ0) is 18.6. The quantitative estimate of drug-likeness (QED) is 0.664. The zero-order valence-electron chi connectivity index (χ0n) is 15.2. The Morgan fingerprint density at radius 1 is 1.07 bits per heavy atom. The highest BCUT2D eigenvalue weighted by Crippen LogP contribution is 2.29. The molecule has 1 aliphatic rings. The fraction of sp³-hybridized carbons (Fsp3) is 0.350. The molecular weight excluding hydrogens is 362 g/mol. The lowest BCUT2D eigenvalue weighted by atomic mass is 10.2. The van der Waals surface area contributed by atoms with Gasteiger partial charge >= 0.3 is 0 Å². The Labute approximate surface area is 161 Å². The van der Waals surface area contributed by atoms with Gasteiger partial charge in [-0.15, -0.1) is 11.3 Å².